The van der Waals surface area contributed by atoms with E-state index in [1.165, 1.54) is 6.07 Å². The lowest BCUT2D eigenvalue weighted by molar-refractivity contribution is -0.118. The molecule has 2 N–H and O–H groups in total. The zero-order valence-corrected chi connectivity index (χ0v) is 26.5. The average Bonchev–Trinajstić information content (AvgIpc) is 2.89. The van der Waals surface area contributed by atoms with Crippen molar-refractivity contribution in [3.63, 3.8) is 0 Å². The number of ketones is 1. The Balaban J connectivity index is 1.67. The second kappa shape index (κ2) is 11.3. The van der Waals surface area contributed by atoms with E-state index in [-0.39, 0.29) is 28.3 Å². The van der Waals surface area contributed by atoms with E-state index in [2.05, 4.69) is 41.1 Å². The molecule has 4 nitrogen and oxygen atoms in total. The van der Waals surface area contributed by atoms with Crippen LogP contribution in [0.2, 0.25) is 5.02 Å². The number of nitrogens with two attached hydrogens (primary N) is 1. The smallest absolute Gasteiger partial charge is 0.162 e. The number of benzene rings is 3. The number of Topliss-reactive ketones (excluding diaryl/α,β-unsaturated/α-hetero) is 1. The lowest BCUT2D eigenvalue weighted by atomic mass is 9.68. The van der Waals surface area contributed by atoms with Crippen LogP contribution in [0.4, 0.5) is 10.1 Å². The van der Waals surface area contributed by atoms with Crippen LogP contribution in [0.25, 0.3) is 0 Å². The monoisotopic (exact) mass is 649 g/mol. The second-order valence-corrected chi connectivity index (χ2v) is 13.9. The molecule has 3 aromatic rings. The van der Waals surface area contributed by atoms with Crippen molar-refractivity contribution in [2.24, 2.45) is 11.1 Å². The van der Waals surface area contributed by atoms with Gasteiger partial charge in [-0.05, 0) is 90.4 Å². The van der Waals surface area contributed by atoms with Crippen LogP contribution in [-0.2, 0) is 10.5 Å². The van der Waals surface area contributed by atoms with E-state index in [9.17, 15) is 10.1 Å². The molecular formula is C33H30BrClFN3OS. The zero-order chi connectivity index (χ0) is 29.6. The van der Waals surface area contributed by atoms with Crippen molar-refractivity contribution in [1.29, 1.82) is 5.26 Å². The number of allylic oxidation sites excluding steroid dienone is 3. The van der Waals surface area contributed by atoms with Crippen molar-refractivity contribution >= 4 is 50.8 Å². The van der Waals surface area contributed by atoms with Crippen molar-refractivity contribution in [1.82, 2.24) is 0 Å². The summed E-state index contributed by atoms with van der Waals surface area (Å²) in [7, 11) is 0. The summed E-state index contributed by atoms with van der Waals surface area (Å²) in [6.07, 6.45) is 0.853. The maximum absolute atomic E-state index is 15.4. The molecule has 1 aliphatic heterocycles. The molecule has 8 heteroatoms. The van der Waals surface area contributed by atoms with Gasteiger partial charge in [0.05, 0.1) is 23.2 Å². The number of hydrogen-bond acceptors (Lipinski definition) is 5. The number of carbonyl (C=O) groups excluding carboxylic acids is 1. The van der Waals surface area contributed by atoms with Crippen molar-refractivity contribution in [2.45, 2.75) is 57.1 Å². The molecule has 0 fully saturated rings. The van der Waals surface area contributed by atoms with Crippen molar-refractivity contribution in [3.05, 3.63) is 115 Å². The molecule has 210 valence electrons. The Morgan fingerprint density at radius 3 is 2.49 bits per heavy atom. The summed E-state index contributed by atoms with van der Waals surface area (Å²) in [5.41, 5.74) is 12.1. The van der Waals surface area contributed by atoms with Crippen LogP contribution in [0, 0.1) is 36.4 Å². The van der Waals surface area contributed by atoms with Crippen LogP contribution < -0.4 is 10.6 Å². The molecule has 3 aromatic carbocycles. The number of hydrogen-bond donors (Lipinski definition) is 1. The maximum Gasteiger partial charge on any atom is 0.162 e. The lowest BCUT2D eigenvalue weighted by Crippen LogP contribution is -2.42. The molecule has 1 unspecified atom stereocenters. The average molecular weight is 651 g/mol. The Bertz CT molecular complexity index is 1670. The highest BCUT2D eigenvalue weighted by molar-refractivity contribution is 9.10. The third kappa shape index (κ3) is 5.70. The number of rotatable bonds is 5. The number of nitrogens with zero attached hydrogens (tertiary/aromatic N) is 2. The van der Waals surface area contributed by atoms with Crippen LogP contribution in [0.15, 0.2) is 86.6 Å². The summed E-state index contributed by atoms with van der Waals surface area (Å²) in [6, 6.07) is 19.0. The first-order chi connectivity index (χ1) is 19.4. The lowest BCUT2D eigenvalue weighted by Gasteiger charge is -2.44. The fourth-order valence-corrected chi connectivity index (χ4v) is 7.25. The summed E-state index contributed by atoms with van der Waals surface area (Å²) >= 11 is 11.1. The van der Waals surface area contributed by atoms with E-state index in [0.717, 1.165) is 27.1 Å². The summed E-state index contributed by atoms with van der Waals surface area (Å²) < 4.78 is 16.0. The number of anilines is 1. The fraction of sp³-hybridized carbons (Fsp3) is 0.273. The number of thioether (sulfide) groups is 1. The highest BCUT2D eigenvalue weighted by Gasteiger charge is 2.45. The molecule has 0 amide bonds. The molecule has 0 spiro atoms. The quantitative estimate of drug-likeness (QED) is 0.279. The van der Waals surface area contributed by atoms with Crippen molar-refractivity contribution < 1.29 is 9.18 Å². The van der Waals surface area contributed by atoms with Gasteiger partial charge in [0, 0.05) is 37.8 Å². The molecular weight excluding hydrogens is 621 g/mol. The van der Waals surface area contributed by atoms with Crippen LogP contribution in [0.1, 0.15) is 54.9 Å². The zero-order valence-electron chi connectivity index (χ0n) is 23.3. The number of aryl methyl sites for hydroxylation is 2. The van der Waals surface area contributed by atoms with Gasteiger partial charge in [-0.15, -0.1) is 11.8 Å². The van der Waals surface area contributed by atoms with E-state index in [1.54, 1.807) is 28.8 Å². The van der Waals surface area contributed by atoms with Gasteiger partial charge in [0.2, 0.25) is 0 Å². The molecule has 5 rings (SSSR count). The van der Waals surface area contributed by atoms with Crippen LogP contribution in [-0.4, -0.2) is 5.78 Å². The maximum atomic E-state index is 15.4. The molecule has 1 atom stereocenters. The van der Waals surface area contributed by atoms with Crippen LogP contribution in [0.5, 0.6) is 0 Å². The van der Waals surface area contributed by atoms with E-state index < -0.39 is 11.7 Å². The summed E-state index contributed by atoms with van der Waals surface area (Å²) in [6.45, 7) is 8.13. The van der Waals surface area contributed by atoms with Gasteiger partial charge in [-0.2, -0.15) is 5.26 Å². The van der Waals surface area contributed by atoms with Gasteiger partial charge in [-0.3, -0.25) is 9.69 Å². The SMILES string of the molecule is Cc1cc(C)c(C2C(C#N)=C(N)N(c3ccc(Br)cc3F)C3=C2C(=O)CC(C)(C)C3)cc1CSc1ccc(Cl)cc1. The minimum Gasteiger partial charge on any atom is -0.384 e. The number of carbonyl (C=O) groups is 1. The van der Waals surface area contributed by atoms with E-state index in [1.807, 2.05) is 45.0 Å². The highest BCUT2D eigenvalue weighted by atomic mass is 79.9. The summed E-state index contributed by atoms with van der Waals surface area (Å²) in [5, 5.41) is 11.2. The fourth-order valence-electron chi connectivity index (χ4n) is 5.83. The molecule has 0 saturated heterocycles. The highest BCUT2D eigenvalue weighted by Crippen LogP contribution is 2.51. The van der Waals surface area contributed by atoms with Gasteiger partial charge in [0.15, 0.2) is 5.78 Å². The third-order valence-corrected chi connectivity index (χ3v) is 9.58. The molecule has 0 radical (unpaired) electrons. The molecule has 41 heavy (non-hydrogen) atoms. The predicted molar refractivity (Wildman–Crippen MR) is 168 cm³/mol. The van der Waals surface area contributed by atoms with Crippen molar-refractivity contribution in [3.8, 4) is 6.07 Å². The van der Waals surface area contributed by atoms with Crippen LogP contribution in [0.3, 0.4) is 0 Å². The standard InChI is InChI=1S/C33H30BrClFN3OS/c1-18-11-19(2)24(12-20(18)17-41-23-8-6-22(35)7-9-23)30-25(16-37)32(38)39(27-10-5-21(34)13-26(27)36)28-14-33(3,4)15-29(40)31(28)30/h5-13,30H,14-15,17,38H2,1-4H3. The second-order valence-electron chi connectivity index (χ2n) is 11.5. The third-order valence-electron chi connectivity index (χ3n) is 7.78. The molecule has 0 bridgehead atoms. The van der Waals surface area contributed by atoms with Gasteiger partial charge in [0.25, 0.3) is 0 Å². The largest absolute Gasteiger partial charge is 0.384 e. The summed E-state index contributed by atoms with van der Waals surface area (Å²) in [5.74, 6) is -0.305. The van der Waals surface area contributed by atoms with Gasteiger partial charge in [-0.25, -0.2) is 4.39 Å². The van der Waals surface area contributed by atoms with Crippen molar-refractivity contribution in [2.75, 3.05) is 4.90 Å². The minimum atomic E-state index is -0.631. The molecule has 0 aromatic heterocycles. The Labute approximate surface area is 258 Å². The Kier molecular flexibility index (Phi) is 8.13. The van der Waals surface area contributed by atoms with Gasteiger partial charge in [-0.1, -0.05) is 53.5 Å². The first-order valence-electron chi connectivity index (χ1n) is 13.3. The van der Waals surface area contributed by atoms with E-state index >= 15 is 4.39 Å². The number of nitriles is 1. The van der Waals surface area contributed by atoms with E-state index in [4.69, 9.17) is 17.3 Å². The molecule has 0 saturated carbocycles. The normalized spacial score (nSPS) is 18.4. The molecule has 2 aliphatic rings. The van der Waals surface area contributed by atoms with Gasteiger partial charge >= 0.3 is 0 Å². The first kappa shape index (κ1) is 29.4. The Morgan fingerprint density at radius 1 is 1.12 bits per heavy atom. The number of halogens is 3. The minimum absolute atomic E-state index is 0.0407. The molecule has 1 heterocycles. The predicted octanol–water partition coefficient (Wildman–Crippen LogP) is 9.09. The first-order valence-corrected chi connectivity index (χ1v) is 15.5. The summed E-state index contributed by atoms with van der Waals surface area (Å²) in [4.78, 5) is 16.6. The Hall–Kier alpha value is -3.05. The topological polar surface area (TPSA) is 70.1 Å². The van der Waals surface area contributed by atoms with Crippen LogP contribution >= 0.6 is 39.3 Å². The Morgan fingerprint density at radius 2 is 1.83 bits per heavy atom. The molecule has 1 aliphatic carbocycles. The van der Waals surface area contributed by atoms with E-state index in [0.29, 0.717) is 39.4 Å². The van der Waals surface area contributed by atoms with Gasteiger partial charge < -0.3 is 5.73 Å². The van der Waals surface area contributed by atoms with Gasteiger partial charge in [0.1, 0.15) is 11.6 Å².